The molecule has 0 bridgehead atoms. The van der Waals surface area contributed by atoms with Gasteiger partial charge in [-0.05, 0) is 44.4 Å². The van der Waals surface area contributed by atoms with E-state index < -0.39 is 0 Å². The number of anilines is 1. The van der Waals surface area contributed by atoms with Crippen LogP contribution in [0.1, 0.15) is 61.9 Å². The second kappa shape index (κ2) is 5.42. The molecule has 1 aliphatic carbocycles. The van der Waals surface area contributed by atoms with Crippen LogP contribution in [0.25, 0.3) is 11.0 Å². The first kappa shape index (κ1) is 16.0. The second-order valence-electron chi connectivity index (χ2n) is 8.41. The van der Waals surface area contributed by atoms with Crippen molar-refractivity contribution in [3.63, 3.8) is 0 Å². The molecular weight excluding hydrogens is 318 g/mol. The molecule has 0 saturated heterocycles. The van der Waals surface area contributed by atoms with Gasteiger partial charge in [-0.25, -0.2) is 0 Å². The molecule has 26 heavy (non-hydrogen) atoms. The van der Waals surface area contributed by atoms with Crippen LogP contribution in [0.4, 0.5) is 5.69 Å². The third-order valence-electron chi connectivity index (χ3n) is 7.02. The van der Waals surface area contributed by atoms with Crippen LogP contribution in [-0.4, -0.2) is 9.13 Å². The van der Waals surface area contributed by atoms with Gasteiger partial charge in [0.1, 0.15) is 0 Å². The number of hydrogen-bond acceptors (Lipinski definition) is 1. The summed E-state index contributed by atoms with van der Waals surface area (Å²) < 4.78 is 4.83. The zero-order chi connectivity index (χ0) is 18.1. The Bertz CT molecular complexity index is 984. The molecule has 1 saturated carbocycles. The third kappa shape index (κ3) is 1.84. The summed E-state index contributed by atoms with van der Waals surface area (Å²) in [5.74, 6) is 0. The first-order valence-corrected chi connectivity index (χ1v) is 10.1. The quantitative estimate of drug-likeness (QED) is 0.561. The van der Waals surface area contributed by atoms with E-state index in [-0.39, 0.29) is 5.54 Å². The van der Waals surface area contributed by atoms with Crippen LogP contribution in [0, 0.1) is 6.92 Å². The Morgan fingerprint density at radius 1 is 1.00 bits per heavy atom. The molecule has 1 aliphatic heterocycles. The maximum atomic E-state index is 2.78. The Kier molecular flexibility index (Phi) is 3.34. The summed E-state index contributed by atoms with van der Waals surface area (Å²) >= 11 is 0. The summed E-state index contributed by atoms with van der Waals surface area (Å²) in [6.45, 7) is 4.68. The van der Waals surface area contributed by atoms with Crippen molar-refractivity contribution in [1.29, 1.82) is 0 Å². The lowest BCUT2D eigenvalue weighted by Gasteiger charge is -2.46. The van der Waals surface area contributed by atoms with Gasteiger partial charge in [-0.2, -0.15) is 0 Å². The third-order valence-corrected chi connectivity index (χ3v) is 7.02. The van der Waals surface area contributed by atoms with Crippen molar-refractivity contribution in [1.82, 2.24) is 9.13 Å². The van der Waals surface area contributed by atoms with Crippen LogP contribution in [0.5, 0.6) is 0 Å². The minimum atomic E-state index is 0.146. The van der Waals surface area contributed by atoms with Gasteiger partial charge in [-0.3, -0.25) is 0 Å². The fourth-order valence-corrected chi connectivity index (χ4v) is 5.99. The van der Waals surface area contributed by atoms with Crippen molar-refractivity contribution in [3.05, 3.63) is 53.3 Å². The molecule has 136 valence electrons. The van der Waals surface area contributed by atoms with Crippen molar-refractivity contribution < 1.29 is 0 Å². The summed E-state index contributed by atoms with van der Waals surface area (Å²) in [6, 6.07) is 11.6. The van der Waals surface area contributed by atoms with E-state index in [1.807, 2.05) is 0 Å². The first-order chi connectivity index (χ1) is 12.6. The molecule has 3 heteroatoms. The molecule has 0 N–H and O–H groups in total. The number of benzene rings is 1. The fourth-order valence-electron chi connectivity index (χ4n) is 5.99. The zero-order valence-corrected chi connectivity index (χ0v) is 16.4. The van der Waals surface area contributed by atoms with Crippen molar-refractivity contribution in [2.45, 2.75) is 57.5 Å². The maximum Gasteiger partial charge on any atom is 0.0814 e. The van der Waals surface area contributed by atoms with Crippen LogP contribution in [0.2, 0.25) is 0 Å². The molecule has 2 aromatic heterocycles. The summed E-state index contributed by atoms with van der Waals surface area (Å²) in [4.78, 5) is 2.78. The normalized spacial score (nSPS) is 21.7. The highest BCUT2D eigenvalue weighted by molar-refractivity contribution is 5.87. The number of aryl methyl sites for hydroxylation is 3. The molecule has 0 amide bonds. The predicted octanol–water partition coefficient (Wildman–Crippen LogP) is 5.57. The summed E-state index contributed by atoms with van der Waals surface area (Å²) in [6.07, 6.45) is 8.77. The van der Waals surface area contributed by atoms with E-state index in [2.05, 4.69) is 78.5 Å². The number of hydrogen-bond donors (Lipinski definition) is 0. The largest absolute Gasteiger partial charge is 0.353 e. The highest BCUT2D eigenvalue weighted by Gasteiger charge is 2.52. The number of rotatable bonds is 1. The van der Waals surface area contributed by atoms with Gasteiger partial charge in [0.25, 0.3) is 0 Å². The molecule has 0 radical (unpaired) electrons. The smallest absolute Gasteiger partial charge is 0.0814 e. The monoisotopic (exact) mass is 347 g/mol. The second-order valence-corrected chi connectivity index (χ2v) is 8.41. The average molecular weight is 348 g/mol. The molecule has 1 unspecified atom stereocenters. The van der Waals surface area contributed by atoms with E-state index in [0.717, 1.165) is 0 Å². The Morgan fingerprint density at radius 2 is 1.73 bits per heavy atom. The van der Waals surface area contributed by atoms with E-state index in [1.165, 1.54) is 54.4 Å². The summed E-state index contributed by atoms with van der Waals surface area (Å²) in [5, 5.41) is 0. The van der Waals surface area contributed by atoms with Crippen molar-refractivity contribution in [2.24, 2.45) is 14.1 Å². The molecule has 2 aliphatic rings. The van der Waals surface area contributed by atoms with Gasteiger partial charge in [-0.1, -0.05) is 37.5 Å². The van der Waals surface area contributed by atoms with E-state index in [9.17, 15) is 0 Å². The Hall–Kier alpha value is -2.16. The molecule has 1 atom stereocenters. The lowest BCUT2D eigenvalue weighted by atomic mass is 9.78. The van der Waals surface area contributed by atoms with Gasteiger partial charge in [0.05, 0.1) is 28.3 Å². The van der Waals surface area contributed by atoms with E-state index >= 15 is 0 Å². The molecule has 3 heterocycles. The topological polar surface area (TPSA) is 13.1 Å². The lowest BCUT2D eigenvalue weighted by Crippen LogP contribution is -2.45. The van der Waals surface area contributed by atoms with Crippen molar-refractivity contribution in [3.8, 4) is 0 Å². The van der Waals surface area contributed by atoms with Crippen LogP contribution in [-0.2, 0) is 19.6 Å². The van der Waals surface area contributed by atoms with Crippen LogP contribution in [0.3, 0.4) is 0 Å². The van der Waals surface area contributed by atoms with Gasteiger partial charge in [0, 0.05) is 31.5 Å². The van der Waals surface area contributed by atoms with Gasteiger partial charge >= 0.3 is 0 Å². The van der Waals surface area contributed by atoms with Crippen molar-refractivity contribution in [2.75, 3.05) is 4.90 Å². The zero-order valence-electron chi connectivity index (χ0n) is 16.4. The molecule has 3 aromatic rings. The molecule has 1 fully saturated rings. The van der Waals surface area contributed by atoms with Crippen LogP contribution < -0.4 is 4.90 Å². The number of nitrogens with zero attached hydrogens (tertiary/aromatic N) is 3. The lowest BCUT2D eigenvalue weighted by molar-refractivity contribution is 0.273. The SMILES string of the molecule is Cc1ccccc1N1C(C)c2c(n(C)c3ccn(C)c23)C12CCCCC2. The Morgan fingerprint density at radius 3 is 2.46 bits per heavy atom. The van der Waals surface area contributed by atoms with Crippen LogP contribution >= 0.6 is 0 Å². The van der Waals surface area contributed by atoms with E-state index in [0.29, 0.717) is 6.04 Å². The van der Waals surface area contributed by atoms with Crippen molar-refractivity contribution >= 4 is 16.7 Å². The summed E-state index contributed by atoms with van der Waals surface area (Å²) in [5.41, 5.74) is 8.90. The average Bonchev–Trinajstić information content (AvgIpc) is 3.23. The molecular formula is C23H29N3. The highest BCUT2D eigenvalue weighted by Crippen LogP contribution is 2.57. The fraction of sp³-hybridized carbons (Fsp3) is 0.478. The minimum Gasteiger partial charge on any atom is -0.353 e. The van der Waals surface area contributed by atoms with Gasteiger partial charge in [0.2, 0.25) is 0 Å². The molecule has 3 nitrogen and oxygen atoms in total. The molecule has 1 spiro atoms. The maximum absolute atomic E-state index is 2.78. The molecule has 1 aromatic carbocycles. The van der Waals surface area contributed by atoms with Gasteiger partial charge < -0.3 is 14.0 Å². The number of fused-ring (bicyclic) bond motifs is 4. The Balaban J connectivity index is 1.83. The van der Waals surface area contributed by atoms with E-state index in [1.54, 1.807) is 11.3 Å². The highest BCUT2D eigenvalue weighted by atomic mass is 15.3. The predicted molar refractivity (Wildman–Crippen MR) is 109 cm³/mol. The van der Waals surface area contributed by atoms with E-state index in [4.69, 9.17) is 0 Å². The van der Waals surface area contributed by atoms with Crippen LogP contribution in [0.15, 0.2) is 36.5 Å². The standard InChI is InChI=1S/C23H29N3/c1-16-10-6-7-11-18(16)26-17(2)20-21-19(12-15-24(21)3)25(4)22(20)23(26)13-8-5-9-14-23/h6-7,10-12,15,17H,5,8-9,13-14H2,1-4H3. The number of para-hydroxylation sites is 1. The minimum absolute atomic E-state index is 0.146. The summed E-state index contributed by atoms with van der Waals surface area (Å²) in [7, 11) is 4.48. The van der Waals surface area contributed by atoms with Gasteiger partial charge in [-0.15, -0.1) is 0 Å². The Labute approximate surface area is 156 Å². The number of aromatic nitrogens is 2. The van der Waals surface area contributed by atoms with Gasteiger partial charge in [0.15, 0.2) is 0 Å². The molecule has 5 rings (SSSR count). The first-order valence-electron chi connectivity index (χ1n) is 10.1.